The minimum absolute atomic E-state index is 0.0396. The summed E-state index contributed by atoms with van der Waals surface area (Å²) in [4.78, 5) is 26.8. The average molecular weight is 319 g/mol. The van der Waals surface area contributed by atoms with Crippen LogP contribution < -0.4 is 16.6 Å². The monoisotopic (exact) mass is 319 g/mol. The Labute approximate surface area is 132 Å². The quantitative estimate of drug-likeness (QED) is 0.325. The van der Waals surface area contributed by atoms with E-state index in [1.165, 1.54) is 12.1 Å². The Morgan fingerprint density at radius 3 is 2.65 bits per heavy atom. The fourth-order valence-corrected chi connectivity index (χ4v) is 2.24. The van der Waals surface area contributed by atoms with Gasteiger partial charge in [0.25, 0.3) is 5.69 Å². The molecule has 0 aliphatic carbocycles. The molecule has 0 saturated heterocycles. The number of ether oxygens (including phenoxy) is 1. The molecule has 1 atom stereocenters. The molecule has 1 aliphatic rings. The zero-order chi connectivity index (χ0) is 17.0. The molecular weight excluding hydrogens is 302 g/mol. The highest BCUT2D eigenvalue weighted by Crippen LogP contribution is 2.32. The third kappa shape index (κ3) is 3.46. The Morgan fingerprint density at radius 1 is 1.48 bits per heavy atom. The molecule has 1 aromatic carbocycles. The van der Waals surface area contributed by atoms with Crippen LogP contribution in [0.1, 0.15) is 25.5 Å². The van der Waals surface area contributed by atoms with Crippen LogP contribution in [0.25, 0.3) is 0 Å². The van der Waals surface area contributed by atoms with Gasteiger partial charge in [-0.1, -0.05) is 0 Å². The van der Waals surface area contributed by atoms with Gasteiger partial charge in [0.1, 0.15) is 6.04 Å². The van der Waals surface area contributed by atoms with Gasteiger partial charge < -0.3 is 10.1 Å². The molecule has 122 valence electrons. The molecular formula is C14H17N5O4. The SMILES string of the molecule is CCOC(=O)C1=C(C)NC(NN)=N[C@H]1c1ccc([N+](=O)[O-])cc1. The first-order chi connectivity index (χ1) is 11.0. The summed E-state index contributed by atoms with van der Waals surface area (Å²) in [7, 11) is 0. The Balaban J connectivity index is 2.44. The van der Waals surface area contributed by atoms with E-state index in [9.17, 15) is 14.9 Å². The molecule has 0 unspecified atom stereocenters. The number of nitro groups is 1. The lowest BCUT2D eigenvalue weighted by atomic mass is 9.96. The van der Waals surface area contributed by atoms with E-state index in [4.69, 9.17) is 10.6 Å². The molecule has 4 N–H and O–H groups in total. The zero-order valence-electron chi connectivity index (χ0n) is 12.7. The number of carbonyl (C=O) groups excluding carboxylic acids is 1. The third-order valence-electron chi connectivity index (χ3n) is 3.29. The van der Waals surface area contributed by atoms with Gasteiger partial charge >= 0.3 is 5.97 Å². The fraction of sp³-hybridized carbons (Fsp3) is 0.286. The number of hydrogen-bond acceptors (Lipinski definition) is 8. The van der Waals surface area contributed by atoms with E-state index in [0.29, 0.717) is 22.8 Å². The molecule has 1 aliphatic heterocycles. The number of non-ortho nitro benzene ring substituents is 1. The maximum atomic E-state index is 12.2. The lowest BCUT2D eigenvalue weighted by Gasteiger charge is -2.25. The van der Waals surface area contributed by atoms with Crippen molar-refractivity contribution in [3.8, 4) is 0 Å². The van der Waals surface area contributed by atoms with Gasteiger partial charge in [-0.2, -0.15) is 0 Å². The van der Waals surface area contributed by atoms with Crippen molar-refractivity contribution in [2.24, 2.45) is 10.8 Å². The van der Waals surface area contributed by atoms with E-state index >= 15 is 0 Å². The van der Waals surface area contributed by atoms with Crippen molar-refractivity contribution in [2.45, 2.75) is 19.9 Å². The van der Waals surface area contributed by atoms with Gasteiger partial charge in [0.15, 0.2) is 0 Å². The van der Waals surface area contributed by atoms with Crippen LogP contribution in [-0.4, -0.2) is 23.5 Å². The fourth-order valence-electron chi connectivity index (χ4n) is 2.24. The first kappa shape index (κ1) is 16.4. The second-order valence-electron chi connectivity index (χ2n) is 4.76. The molecule has 1 heterocycles. The minimum atomic E-state index is -0.665. The molecule has 0 amide bonds. The lowest BCUT2D eigenvalue weighted by molar-refractivity contribution is -0.384. The molecule has 0 radical (unpaired) electrons. The Bertz CT molecular complexity index is 681. The Morgan fingerprint density at radius 2 is 2.13 bits per heavy atom. The van der Waals surface area contributed by atoms with Crippen LogP contribution in [0.4, 0.5) is 5.69 Å². The topological polar surface area (TPSA) is 132 Å². The van der Waals surface area contributed by atoms with E-state index in [2.05, 4.69) is 15.7 Å². The largest absolute Gasteiger partial charge is 0.463 e. The van der Waals surface area contributed by atoms with E-state index in [1.54, 1.807) is 26.0 Å². The van der Waals surface area contributed by atoms with Crippen molar-refractivity contribution < 1.29 is 14.5 Å². The Kier molecular flexibility index (Phi) is 4.91. The average Bonchev–Trinajstić information content (AvgIpc) is 2.54. The first-order valence-electron chi connectivity index (χ1n) is 6.91. The number of benzene rings is 1. The minimum Gasteiger partial charge on any atom is -0.463 e. The summed E-state index contributed by atoms with van der Waals surface area (Å²) in [6.07, 6.45) is 0. The number of hydrazine groups is 1. The van der Waals surface area contributed by atoms with Crippen LogP contribution in [0, 0.1) is 10.1 Å². The summed E-state index contributed by atoms with van der Waals surface area (Å²) in [6, 6.07) is 5.17. The molecule has 2 rings (SSSR count). The highest BCUT2D eigenvalue weighted by molar-refractivity contribution is 5.95. The number of nitrogens with zero attached hydrogens (tertiary/aromatic N) is 2. The predicted octanol–water partition coefficient (Wildman–Crippen LogP) is 0.896. The molecule has 1 aromatic rings. The number of allylic oxidation sites excluding steroid dienone is 1. The lowest BCUT2D eigenvalue weighted by Crippen LogP contribution is -2.44. The summed E-state index contributed by atoms with van der Waals surface area (Å²) in [5.41, 5.74) is 3.86. The van der Waals surface area contributed by atoms with Crippen molar-refractivity contribution >= 4 is 17.6 Å². The van der Waals surface area contributed by atoms with Crippen LogP contribution in [0.3, 0.4) is 0 Å². The van der Waals surface area contributed by atoms with Crippen LogP contribution >= 0.6 is 0 Å². The summed E-state index contributed by atoms with van der Waals surface area (Å²) < 4.78 is 5.07. The summed E-state index contributed by atoms with van der Waals surface area (Å²) in [5.74, 6) is 5.17. The number of esters is 1. The first-order valence-corrected chi connectivity index (χ1v) is 6.91. The highest BCUT2D eigenvalue weighted by atomic mass is 16.6. The summed E-state index contributed by atoms with van der Waals surface area (Å²) >= 11 is 0. The second kappa shape index (κ2) is 6.88. The molecule has 0 fully saturated rings. The number of nitrogens with one attached hydrogen (secondary N) is 2. The van der Waals surface area contributed by atoms with Gasteiger partial charge in [-0.15, -0.1) is 0 Å². The molecule has 9 heteroatoms. The van der Waals surface area contributed by atoms with Gasteiger partial charge in [-0.05, 0) is 31.5 Å². The summed E-state index contributed by atoms with van der Waals surface area (Å²) in [5, 5.41) is 13.6. The maximum Gasteiger partial charge on any atom is 0.338 e. The predicted molar refractivity (Wildman–Crippen MR) is 83.1 cm³/mol. The van der Waals surface area contributed by atoms with Gasteiger partial charge in [-0.3, -0.25) is 15.5 Å². The van der Waals surface area contributed by atoms with Crippen molar-refractivity contribution in [2.75, 3.05) is 6.61 Å². The number of hydrogen-bond donors (Lipinski definition) is 3. The van der Waals surface area contributed by atoms with Crippen LogP contribution in [0.5, 0.6) is 0 Å². The van der Waals surface area contributed by atoms with E-state index in [-0.39, 0.29) is 12.3 Å². The van der Waals surface area contributed by atoms with Gasteiger partial charge in [0, 0.05) is 17.8 Å². The van der Waals surface area contributed by atoms with Crippen molar-refractivity contribution in [1.82, 2.24) is 10.7 Å². The van der Waals surface area contributed by atoms with Crippen LogP contribution in [-0.2, 0) is 9.53 Å². The third-order valence-corrected chi connectivity index (χ3v) is 3.29. The summed E-state index contributed by atoms with van der Waals surface area (Å²) in [6.45, 7) is 3.64. The van der Waals surface area contributed by atoms with Gasteiger partial charge in [0.05, 0.1) is 17.1 Å². The number of nitrogens with two attached hydrogens (primary N) is 1. The highest BCUT2D eigenvalue weighted by Gasteiger charge is 2.30. The molecule has 9 nitrogen and oxygen atoms in total. The van der Waals surface area contributed by atoms with E-state index in [1.807, 2.05) is 0 Å². The van der Waals surface area contributed by atoms with Gasteiger partial charge in [0.2, 0.25) is 5.96 Å². The zero-order valence-corrected chi connectivity index (χ0v) is 12.7. The number of carbonyl (C=O) groups is 1. The smallest absolute Gasteiger partial charge is 0.338 e. The molecule has 0 bridgehead atoms. The van der Waals surface area contributed by atoms with Crippen molar-refractivity contribution in [1.29, 1.82) is 0 Å². The van der Waals surface area contributed by atoms with Gasteiger partial charge in [-0.25, -0.2) is 15.6 Å². The second-order valence-corrected chi connectivity index (χ2v) is 4.76. The normalized spacial score (nSPS) is 17.2. The molecule has 0 spiro atoms. The van der Waals surface area contributed by atoms with E-state index < -0.39 is 16.9 Å². The Hall–Kier alpha value is -2.94. The van der Waals surface area contributed by atoms with Crippen LogP contribution in [0.2, 0.25) is 0 Å². The standard InChI is InChI=1S/C14H17N5O4/c1-3-23-13(20)11-8(2)16-14(18-15)17-12(11)9-4-6-10(7-5-9)19(21)22/h4-7,12H,3,15H2,1-2H3,(H2,16,17,18)/t12-/m0/s1. The van der Waals surface area contributed by atoms with E-state index in [0.717, 1.165) is 0 Å². The van der Waals surface area contributed by atoms with Crippen molar-refractivity contribution in [3.05, 3.63) is 51.2 Å². The number of nitro benzene ring substituents is 1. The maximum absolute atomic E-state index is 12.2. The van der Waals surface area contributed by atoms with Crippen LogP contribution in [0.15, 0.2) is 40.5 Å². The molecule has 0 saturated carbocycles. The van der Waals surface area contributed by atoms with Crippen molar-refractivity contribution in [3.63, 3.8) is 0 Å². The number of aliphatic imine (C=N–C) groups is 1. The molecule has 0 aromatic heterocycles. The number of guanidine groups is 1. The number of rotatable bonds is 4. The molecule has 23 heavy (non-hydrogen) atoms.